The van der Waals surface area contributed by atoms with Crippen molar-refractivity contribution in [1.29, 1.82) is 0 Å². The normalized spacial score (nSPS) is 14.4. The Morgan fingerprint density at radius 1 is 0.912 bits per heavy atom. The highest BCUT2D eigenvalue weighted by Crippen LogP contribution is 2.08. The predicted molar refractivity (Wildman–Crippen MR) is 122 cm³/mol. The molecule has 1 aromatic rings. The Kier molecular flexibility index (Phi) is 11.7. The Morgan fingerprint density at radius 2 is 1.50 bits per heavy atom. The monoisotopic (exact) mass is 479 g/mol. The fraction of sp³-hybridized carbons (Fsp3) is 0.500. The molecular weight excluding hydrogens is 446 g/mol. The van der Waals surface area contributed by atoms with Gasteiger partial charge in [-0.3, -0.25) is 19.2 Å². The molecule has 12 nitrogen and oxygen atoms in total. The second-order valence-electron chi connectivity index (χ2n) is 8.17. The average molecular weight is 480 g/mol. The van der Waals surface area contributed by atoms with Crippen molar-refractivity contribution in [3.8, 4) is 0 Å². The summed E-state index contributed by atoms with van der Waals surface area (Å²) in [7, 11) is 0. The van der Waals surface area contributed by atoms with Crippen molar-refractivity contribution in [2.75, 3.05) is 6.61 Å². The summed E-state index contributed by atoms with van der Waals surface area (Å²) in [4.78, 5) is 60.5. The van der Waals surface area contributed by atoms with E-state index in [0.717, 1.165) is 5.56 Å². The number of carboxylic acid groups (broad SMARTS) is 1. The molecule has 0 aromatic heterocycles. The fourth-order valence-electron chi connectivity index (χ4n) is 3.02. The van der Waals surface area contributed by atoms with Crippen LogP contribution in [0, 0.1) is 5.92 Å². The van der Waals surface area contributed by atoms with E-state index in [2.05, 4.69) is 16.0 Å². The molecular formula is C22H33N5O7. The summed E-state index contributed by atoms with van der Waals surface area (Å²) >= 11 is 0. The number of carbonyl (C=O) groups excluding carboxylic acids is 4. The molecule has 0 aliphatic carbocycles. The number of amides is 4. The van der Waals surface area contributed by atoms with Gasteiger partial charge in [0.15, 0.2) is 0 Å². The standard InChI is InChI=1S/C22H33N5O7/c1-12(2)18(21(32)25-15(22(33)34)8-9-17(24)29)27-20(31)16(26-19(30)14(23)11-28)10-13-6-4-3-5-7-13/h3-7,12,14-16,18,28H,8-11,23H2,1-2H3,(H2,24,29)(H,25,32)(H,26,30)(H,27,31)(H,33,34). The molecule has 188 valence electrons. The van der Waals surface area contributed by atoms with Gasteiger partial charge in [-0.1, -0.05) is 44.2 Å². The molecule has 0 fully saturated rings. The second-order valence-corrected chi connectivity index (χ2v) is 8.17. The van der Waals surface area contributed by atoms with Gasteiger partial charge < -0.3 is 37.6 Å². The number of aliphatic hydroxyl groups is 1. The summed E-state index contributed by atoms with van der Waals surface area (Å²) in [6.45, 7) is 2.68. The lowest BCUT2D eigenvalue weighted by molar-refractivity contribution is -0.143. The Hall–Kier alpha value is -3.51. The molecule has 0 heterocycles. The Balaban J connectivity index is 3.02. The number of carbonyl (C=O) groups is 5. The zero-order chi connectivity index (χ0) is 25.8. The van der Waals surface area contributed by atoms with Crippen LogP contribution in [0.5, 0.6) is 0 Å². The molecule has 0 saturated heterocycles. The highest BCUT2D eigenvalue weighted by atomic mass is 16.4. The van der Waals surface area contributed by atoms with Crippen molar-refractivity contribution in [3.05, 3.63) is 35.9 Å². The maximum atomic E-state index is 13.1. The van der Waals surface area contributed by atoms with Crippen molar-refractivity contribution in [2.24, 2.45) is 17.4 Å². The van der Waals surface area contributed by atoms with E-state index in [1.54, 1.807) is 44.2 Å². The van der Waals surface area contributed by atoms with E-state index < -0.39 is 66.3 Å². The van der Waals surface area contributed by atoms with Gasteiger partial charge in [0.1, 0.15) is 24.2 Å². The molecule has 9 N–H and O–H groups in total. The van der Waals surface area contributed by atoms with E-state index in [1.165, 1.54) is 0 Å². The third kappa shape index (κ3) is 9.55. The number of primary amides is 1. The third-order valence-electron chi connectivity index (χ3n) is 4.99. The molecule has 1 aromatic carbocycles. The van der Waals surface area contributed by atoms with E-state index in [-0.39, 0.29) is 19.3 Å². The van der Waals surface area contributed by atoms with Gasteiger partial charge in [-0.05, 0) is 17.9 Å². The number of hydrogen-bond donors (Lipinski definition) is 7. The van der Waals surface area contributed by atoms with Crippen LogP contribution in [-0.2, 0) is 30.4 Å². The third-order valence-corrected chi connectivity index (χ3v) is 4.99. The summed E-state index contributed by atoms with van der Waals surface area (Å²) in [5.41, 5.74) is 11.3. The Labute approximate surface area is 197 Å². The lowest BCUT2D eigenvalue weighted by Gasteiger charge is -2.27. The van der Waals surface area contributed by atoms with E-state index in [1.807, 2.05) is 0 Å². The van der Waals surface area contributed by atoms with E-state index >= 15 is 0 Å². The minimum atomic E-state index is -1.37. The topological polar surface area (TPSA) is 214 Å². The van der Waals surface area contributed by atoms with Gasteiger partial charge in [0.25, 0.3) is 0 Å². The van der Waals surface area contributed by atoms with Crippen molar-refractivity contribution in [1.82, 2.24) is 16.0 Å². The van der Waals surface area contributed by atoms with E-state index in [9.17, 15) is 29.1 Å². The van der Waals surface area contributed by atoms with Crippen LogP contribution in [0.2, 0.25) is 0 Å². The molecule has 0 spiro atoms. The zero-order valence-corrected chi connectivity index (χ0v) is 19.2. The van der Waals surface area contributed by atoms with Crippen LogP contribution in [-0.4, -0.2) is 70.6 Å². The maximum absolute atomic E-state index is 13.1. The van der Waals surface area contributed by atoms with E-state index in [0.29, 0.717) is 0 Å². The quantitative estimate of drug-likeness (QED) is 0.158. The largest absolute Gasteiger partial charge is 0.480 e. The minimum absolute atomic E-state index is 0.0827. The molecule has 34 heavy (non-hydrogen) atoms. The van der Waals surface area contributed by atoms with Gasteiger partial charge in [0.2, 0.25) is 23.6 Å². The second kappa shape index (κ2) is 13.9. The number of aliphatic carboxylic acids is 1. The van der Waals surface area contributed by atoms with Crippen LogP contribution >= 0.6 is 0 Å². The fourth-order valence-corrected chi connectivity index (χ4v) is 3.02. The average Bonchev–Trinajstić information content (AvgIpc) is 2.78. The summed E-state index contributed by atoms with van der Waals surface area (Å²) in [5.74, 6) is -4.72. The van der Waals surface area contributed by atoms with Gasteiger partial charge in [-0.25, -0.2) is 4.79 Å². The molecule has 4 amide bonds. The maximum Gasteiger partial charge on any atom is 0.326 e. The van der Waals surface area contributed by atoms with Crippen LogP contribution in [0.15, 0.2) is 30.3 Å². The van der Waals surface area contributed by atoms with Gasteiger partial charge >= 0.3 is 5.97 Å². The first-order chi connectivity index (χ1) is 16.0. The molecule has 0 aliphatic rings. The lowest BCUT2D eigenvalue weighted by atomic mass is 10.00. The smallest absolute Gasteiger partial charge is 0.326 e. The number of rotatable bonds is 14. The summed E-state index contributed by atoms with van der Waals surface area (Å²) in [6.07, 6.45) is -0.369. The predicted octanol–water partition coefficient (Wildman–Crippen LogP) is -1.99. The molecule has 0 bridgehead atoms. The molecule has 0 aliphatic heterocycles. The summed E-state index contributed by atoms with van der Waals surface area (Å²) < 4.78 is 0. The molecule has 0 radical (unpaired) electrons. The zero-order valence-electron chi connectivity index (χ0n) is 19.2. The van der Waals surface area contributed by atoms with Gasteiger partial charge in [-0.2, -0.15) is 0 Å². The number of hydrogen-bond acceptors (Lipinski definition) is 7. The van der Waals surface area contributed by atoms with Crippen LogP contribution in [0.1, 0.15) is 32.3 Å². The highest BCUT2D eigenvalue weighted by Gasteiger charge is 2.32. The summed E-state index contributed by atoms with van der Waals surface area (Å²) in [6, 6.07) is 3.94. The van der Waals surface area contributed by atoms with Crippen molar-refractivity contribution in [2.45, 2.75) is 57.3 Å². The first kappa shape index (κ1) is 28.5. The molecule has 4 atom stereocenters. The van der Waals surface area contributed by atoms with Crippen LogP contribution in [0.3, 0.4) is 0 Å². The van der Waals surface area contributed by atoms with Crippen molar-refractivity contribution >= 4 is 29.6 Å². The SMILES string of the molecule is CC(C)C(NC(=O)C(Cc1ccccc1)NC(=O)C(N)CO)C(=O)NC(CCC(N)=O)C(=O)O. The van der Waals surface area contributed by atoms with Gasteiger partial charge in [0, 0.05) is 12.8 Å². The lowest BCUT2D eigenvalue weighted by Crippen LogP contribution is -2.59. The highest BCUT2D eigenvalue weighted by molar-refractivity contribution is 5.94. The first-order valence-electron chi connectivity index (χ1n) is 10.8. The van der Waals surface area contributed by atoms with E-state index in [4.69, 9.17) is 16.6 Å². The number of nitrogens with one attached hydrogen (secondary N) is 3. The van der Waals surface area contributed by atoms with Gasteiger partial charge in [0.05, 0.1) is 6.61 Å². The number of nitrogens with two attached hydrogens (primary N) is 2. The Bertz CT molecular complexity index is 862. The molecule has 4 unspecified atom stereocenters. The molecule has 12 heteroatoms. The molecule has 1 rings (SSSR count). The van der Waals surface area contributed by atoms with Crippen LogP contribution in [0.25, 0.3) is 0 Å². The van der Waals surface area contributed by atoms with Gasteiger partial charge in [-0.15, -0.1) is 0 Å². The number of carboxylic acids is 1. The van der Waals surface area contributed by atoms with Crippen molar-refractivity contribution in [3.63, 3.8) is 0 Å². The molecule has 0 saturated carbocycles. The number of aliphatic hydroxyl groups excluding tert-OH is 1. The van der Waals surface area contributed by atoms with Crippen LogP contribution in [0.4, 0.5) is 0 Å². The minimum Gasteiger partial charge on any atom is -0.480 e. The summed E-state index contributed by atoms with van der Waals surface area (Å²) in [5, 5.41) is 25.8. The van der Waals surface area contributed by atoms with Crippen LogP contribution < -0.4 is 27.4 Å². The van der Waals surface area contributed by atoms with Crippen molar-refractivity contribution < 1.29 is 34.2 Å². The number of benzene rings is 1. The first-order valence-corrected chi connectivity index (χ1v) is 10.8. The Morgan fingerprint density at radius 3 is 2.00 bits per heavy atom.